The van der Waals surface area contributed by atoms with Gasteiger partial charge in [-0.2, -0.15) is 0 Å². The average molecular weight is 276 g/mol. The predicted octanol–water partition coefficient (Wildman–Crippen LogP) is 2.44. The molecule has 0 saturated carbocycles. The Balaban J connectivity index is 2.00. The molecule has 2 atom stereocenters. The highest BCUT2D eigenvalue weighted by atomic mass is 16.5. The highest BCUT2D eigenvalue weighted by Gasteiger charge is 2.25. The van der Waals surface area contributed by atoms with Gasteiger partial charge in [-0.25, -0.2) is 0 Å². The van der Waals surface area contributed by atoms with Gasteiger partial charge in [-0.3, -0.25) is 4.79 Å². The van der Waals surface area contributed by atoms with Gasteiger partial charge >= 0.3 is 0 Å². The summed E-state index contributed by atoms with van der Waals surface area (Å²) < 4.78 is 5.20. The van der Waals surface area contributed by atoms with Gasteiger partial charge in [0.2, 0.25) is 5.91 Å². The summed E-state index contributed by atoms with van der Waals surface area (Å²) in [6.45, 7) is 3.24. The third-order valence-electron chi connectivity index (χ3n) is 4.14. The molecule has 2 rings (SSSR count). The lowest BCUT2D eigenvalue weighted by Crippen LogP contribution is -2.43. The Labute approximate surface area is 121 Å². The lowest BCUT2D eigenvalue weighted by molar-refractivity contribution is -0.119. The Kier molecular flexibility index (Phi) is 5.01. The molecule has 1 N–H and O–H groups in total. The number of hydrogen-bond acceptors (Lipinski definition) is 3. The first kappa shape index (κ1) is 14.9. The average Bonchev–Trinajstić information content (AvgIpc) is 2.48. The molecule has 1 aliphatic rings. The largest absolute Gasteiger partial charge is 0.497 e. The number of nitrogens with one attached hydrogen (secondary N) is 1. The lowest BCUT2D eigenvalue weighted by Gasteiger charge is -2.31. The van der Waals surface area contributed by atoms with Crippen molar-refractivity contribution in [2.45, 2.75) is 32.2 Å². The zero-order valence-electron chi connectivity index (χ0n) is 12.6. The van der Waals surface area contributed by atoms with Crippen molar-refractivity contribution in [3.63, 3.8) is 0 Å². The van der Waals surface area contributed by atoms with Crippen LogP contribution in [0.15, 0.2) is 24.3 Å². The van der Waals surface area contributed by atoms with Crippen LogP contribution >= 0.6 is 0 Å². The molecule has 1 aromatic rings. The van der Waals surface area contributed by atoms with E-state index in [1.807, 2.05) is 31.3 Å². The minimum Gasteiger partial charge on any atom is -0.497 e. The van der Waals surface area contributed by atoms with Gasteiger partial charge in [0.1, 0.15) is 5.75 Å². The Morgan fingerprint density at radius 2 is 2.30 bits per heavy atom. The van der Waals surface area contributed by atoms with Gasteiger partial charge in [0.15, 0.2) is 0 Å². The van der Waals surface area contributed by atoms with Crippen LogP contribution < -0.4 is 15.0 Å². The van der Waals surface area contributed by atoms with Crippen LogP contribution in [-0.4, -0.2) is 32.7 Å². The first-order valence-corrected chi connectivity index (χ1v) is 7.26. The SMILES string of the molecule is COc1cccc(N(C)C(=O)CC2NCCCC2C)c1. The van der Waals surface area contributed by atoms with Crippen LogP contribution in [-0.2, 0) is 4.79 Å². The van der Waals surface area contributed by atoms with Crippen molar-refractivity contribution in [2.75, 3.05) is 25.6 Å². The number of carbonyl (C=O) groups excluding carboxylic acids is 1. The fourth-order valence-corrected chi connectivity index (χ4v) is 2.68. The zero-order valence-corrected chi connectivity index (χ0v) is 12.6. The second-order valence-electron chi connectivity index (χ2n) is 5.54. The zero-order chi connectivity index (χ0) is 14.5. The van der Waals surface area contributed by atoms with E-state index >= 15 is 0 Å². The Hall–Kier alpha value is -1.55. The minimum absolute atomic E-state index is 0.143. The van der Waals surface area contributed by atoms with E-state index in [1.165, 1.54) is 12.8 Å². The monoisotopic (exact) mass is 276 g/mol. The van der Waals surface area contributed by atoms with E-state index in [2.05, 4.69) is 12.2 Å². The second kappa shape index (κ2) is 6.75. The number of ether oxygens (including phenoxy) is 1. The molecular weight excluding hydrogens is 252 g/mol. The van der Waals surface area contributed by atoms with Crippen molar-refractivity contribution in [3.8, 4) is 5.75 Å². The number of nitrogens with zero attached hydrogens (tertiary/aromatic N) is 1. The van der Waals surface area contributed by atoms with Crippen molar-refractivity contribution in [1.82, 2.24) is 5.32 Å². The lowest BCUT2D eigenvalue weighted by atomic mass is 9.90. The minimum atomic E-state index is 0.143. The number of piperidine rings is 1. The summed E-state index contributed by atoms with van der Waals surface area (Å²) in [6.07, 6.45) is 2.96. The first-order chi connectivity index (χ1) is 9.61. The summed E-state index contributed by atoms with van der Waals surface area (Å²) in [6, 6.07) is 7.89. The number of hydrogen-bond donors (Lipinski definition) is 1. The molecule has 2 unspecified atom stereocenters. The highest BCUT2D eigenvalue weighted by Crippen LogP contribution is 2.23. The smallest absolute Gasteiger partial charge is 0.228 e. The van der Waals surface area contributed by atoms with Gasteiger partial charge in [-0.05, 0) is 37.4 Å². The summed E-state index contributed by atoms with van der Waals surface area (Å²) in [5.41, 5.74) is 0.873. The van der Waals surface area contributed by atoms with Gasteiger partial charge in [-0.1, -0.05) is 13.0 Å². The van der Waals surface area contributed by atoms with Crippen LogP contribution in [0.25, 0.3) is 0 Å². The van der Waals surface area contributed by atoms with Gasteiger partial charge < -0.3 is 15.0 Å². The van der Waals surface area contributed by atoms with Crippen molar-refractivity contribution in [3.05, 3.63) is 24.3 Å². The fourth-order valence-electron chi connectivity index (χ4n) is 2.68. The second-order valence-corrected chi connectivity index (χ2v) is 5.54. The molecule has 0 aliphatic carbocycles. The highest BCUT2D eigenvalue weighted by molar-refractivity contribution is 5.93. The molecular formula is C16H24N2O2. The van der Waals surface area contributed by atoms with Crippen molar-refractivity contribution in [2.24, 2.45) is 5.92 Å². The predicted molar refractivity (Wildman–Crippen MR) is 81.2 cm³/mol. The van der Waals surface area contributed by atoms with Crippen molar-refractivity contribution < 1.29 is 9.53 Å². The summed E-state index contributed by atoms with van der Waals surface area (Å²) >= 11 is 0. The normalized spacial score (nSPS) is 22.4. The van der Waals surface area contributed by atoms with Crippen LogP contribution in [0.2, 0.25) is 0 Å². The number of rotatable bonds is 4. The third kappa shape index (κ3) is 3.51. The Bertz CT molecular complexity index is 462. The standard InChI is InChI=1S/C16H24N2O2/c1-12-6-5-9-17-15(12)11-16(19)18(2)13-7-4-8-14(10-13)20-3/h4,7-8,10,12,15,17H,5-6,9,11H2,1-3H3. The molecule has 4 heteroatoms. The molecule has 0 radical (unpaired) electrons. The summed E-state index contributed by atoms with van der Waals surface area (Å²) in [4.78, 5) is 14.1. The van der Waals surface area contributed by atoms with E-state index < -0.39 is 0 Å². The third-order valence-corrected chi connectivity index (χ3v) is 4.14. The molecule has 0 spiro atoms. The van der Waals surface area contributed by atoms with Crippen LogP contribution in [0.5, 0.6) is 5.75 Å². The topological polar surface area (TPSA) is 41.6 Å². The molecule has 1 fully saturated rings. The van der Waals surface area contributed by atoms with Gasteiger partial charge in [-0.15, -0.1) is 0 Å². The van der Waals surface area contributed by atoms with Crippen LogP contribution in [0, 0.1) is 5.92 Å². The quantitative estimate of drug-likeness (QED) is 0.918. The number of amides is 1. The number of methoxy groups -OCH3 is 1. The molecule has 1 aliphatic heterocycles. The van der Waals surface area contributed by atoms with E-state index in [0.717, 1.165) is 18.0 Å². The van der Waals surface area contributed by atoms with E-state index in [-0.39, 0.29) is 5.91 Å². The molecule has 110 valence electrons. The van der Waals surface area contributed by atoms with Gasteiger partial charge in [0.25, 0.3) is 0 Å². The number of carbonyl (C=O) groups is 1. The van der Waals surface area contributed by atoms with E-state index in [4.69, 9.17) is 4.74 Å². The fraction of sp³-hybridized carbons (Fsp3) is 0.562. The summed E-state index contributed by atoms with van der Waals surface area (Å²) in [7, 11) is 3.46. The molecule has 0 bridgehead atoms. The van der Waals surface area contributed by atoms with Crippen LogP contribution in [0.3, 0.4) is 0 Å². The first-order valence-electron chi connectivity index (χ1n) is 7.26. The van der Waals surface area contributed by atoms with E-state index in [0.29, 0.717) is 18.4 Å². The number of anilines is 1. The molecule has 1 amide bonds. The van der Waals surface area contributed by atoms with Gasteiger partial charge in [0.05, 0.1) is 7.11 Å². The van der Waals surface area contributed by atoms with Crippen molar-refractivity contribution in [1.29, 1.82) is 0 Å². The molecule has 1 saturated heterocycles. The Morgan fingerprint density at radius 1 is 1.50 bits per heavy atom. The maximum Gasteiger partial charge on any atom is 0.228 e. The van der Waals surface area contributed by atoms with Crippen LogP contribution in [0.4, 0.5) is 5.69 Å². The molecule has 1 aromatic carbocycles. The van der Waals surface area contributed by atoms with E-state index in [1.54, 1.807) is 12.0 Å². The maximum absolute atomic E-state index is 12.4. The molecule has 0 aromatic heterocycles. The molecule has 1 heterocycles. The molecule has 4 nitrogen and oxygen atoms in total. The van der Waals surface area contributed by atoms with Gasteiger partial charge in [0, 0.05) is 31.3 Å². The van der Waals surface area contributed by atoms with Crippen LogP contribution in [0.1, 0.15) is 26.2 Å². The maximum atomic E-state index is 12.4. The molecule has 20 heavy (non-hydrogen) atoms. The summed E-state index contributed by atoms with van der Waals surface area (Å²) in [5, 5.41) is 3.46. The Morgan fingerprint density at radius 3 is 3.00 bits per heavy atom. The summed E-state index contributed by atoms with van der Waals surface area (Å²) in [5.74, 6) is 1.47. The van der Waals surface area contributed by atoms with Crippen molar-refractivity contribution >= 4 is 11.6 Å². The van der Waals surface area contributed by atoms with E-state index in [9.17, 15) is 4.79 Å². The number of benzene rings is 1.